The number of terminal acetylenes is 1. The average molecular weight is 223 g/mol. The second-order valence-electron chi connectivity index (χ2n) is 4.22. The maximum atomic E-state index is 11.5. The Hall–Kier alpha value is -1.50. The summed E-state index contributed by atoms with van der Waals surface area (Å²) >= 11 is 0. The highest BCUT2D eigenvalue weighted by atomic mass is 16.4. The highest BCUT2D eigenvalue weighted by Crippen LogP contribution is 2.27. The number of aliphatic carboxylic acids is 1. The number of hydrogen-bond donors (Lipinski definition) is 2. The first kappa shape index (κ1) is 12.6. The van der Waals surface area contributed by atoms with Gasteiger partial charge in [0.2, 0.25) is 5.91 Å². The van der Waals surface area contributed by atoms with Crippen LogP contribution in [0.1, 0.15) is 38.5 Å². The van der Waals surface area contributed by atoms with Gasteiger partial charge in [0, 0.05) is 12.8 Å². The van der Waals surface area contributed by atoms with E-state index in [4.69, 9.17) is 11.5 Å². The summed E-state index contributed by atoms with van der Waals surface area (Å²) in [5.41, 5.74) is 0. The van der Waals surface area contributed by atoms with Gasteiger partial charge < -0.3 is 10.4 Å². The number of carbonyl (C=O) groups is 2. The first-order valence-electron chi connectivity index (χ1n) is 5.59. The molecule has 4 heteroatoms. The summed E-state index contributed by atoms with van der Waals surface area (Å²) in [6.07, 6.45) is 9.98. The number of nitrogens with one attached hydrogen (secondary N) is 1. The monoisotopic (exact) mass is 223 g/mol. The van der Waals surface area contributed by atoms with E-state index >= 15 is 0 Å². The number of amides is 1. The largest absolute Gasteiger partial charge is 0.480 e. The summed E-state index contributed by atoms with van der Waals surface area (Å²) in [5.74, 6) is 1.40. The predicted octanol–water partition coefficient (Wildman–Crippen LogP) is 1.16. The molecule has 0 aromatic heterocycles. The van der Waals surface area contributed by atoms with Gasteiger partial charge in [-0.1, -0.05) is 12.8 Å². The highest BCUT2D eigenvalue weighted by molar-refractivity contribution is 5.83. The standard InChI is InChI=1S/C12H17NO3/c1-2-5-10(12(15)16)13-11(14)8-9-6-3-4-7-9/h1,9-10H,3-8H2,(H,13,14)(H,15,16). The molecule has 0 radical (unpaired) electrons. The Morgan fingerprint density at radius 3 is 2.56 bits per heavy atom. The lowest BCUT2D eigenvalue weighted by Gasteiger charge is -2.13. The predicted molar refractivity (Wildman–Crippen MR) is 59.6 cm³/mol. The Bertz CT molecular complexity index is 300. The molecule has 2 N–H and O–H groups in total. The molecule has 0 aliphatic heterocycles. The molecule has 1 rings (SSSR count). The minimum Gasteiger partial charge on any atom is -0.480 e. The van der Waals surface area contributed by atoms with Crippen LogP contribution in [0.3, 0.4) is 0 Å². The van der Waals surface area contributed by atoms with E-state index < -0.39 is 12.0 Å². The molecular weight excluding hydrogens is 206 g/mol. The van der Waals surface area contributed by atoms with Gasteiger partial charge in [0.1, 0.15) is 6.04 Å². The molecule has 1 saturated carbocycles. The SMILES string of the molecule is C#CCC(NC(=O)CC1CCCC1)C(=O)O. The Labute approximate surface area is 95.4 Å². The van der Waals surface area contributed by atoms with Gasteiger partial charge in [0.05, 0.1) is 0 Å². The van der Waals surface area contributed by atoms with Crippen LogP contribution in [0.15, 0.2) is 0 Å². The topological polar surface area (TPSA) is 66.4 Å². The minimum absolute atomic E-state index is 0.0335. The molecule has 0 aromatic rings. The molecule has 0 spiro atoms. The van der Waals surface area contributed by atoms with Crippen molar-refractivity contribution in [1.82, 2.24) is 5.32 Å². The van der Waals surface area contributed by atoms with E-state index in [2.05, 4.69) is 11.2 Å². The van der Waals surface area contributed by atoms with Gasteiger partial charge in [-0.25, -0.2) is 4.79 Å². The van der Waals surface area contributed by atoms with Crippen molar-refractivity contribution in [3.05, 3.63) is 0 Å². The highest BCUT2D eigenvalue weighted by Gasteiger charge is 2.22. The van der Waals surface area contributed by atoms with Crippen LogP contribution >= 0.6 is 0 Å². The van der Waals surface area contributed by atoms with Crippen molar-refractivity contribution < 1.29 is 14.7 Å². The zero-order valence-corrected chi connectivity index (χ0v) is 9.24. The molecule has 0 heterocycles. The first-order chi connectivity index (χ1) is 7.63. The summed E-state index contributed by atoms with van der Waals surface area (Å²) in [6, 6.07) is -0.945. The van der Waals surface area contributed by atoms with E-state index in [-0.39, 0.29) is 12.3 Å². The molecule has 1 aliphatic carbocycles. The first-order valence-corrected chi connectivity index (χ1v) is 5.59. The van der Waals surface area contributed by atoms with Gasteiger partial charge in [-0.15, -0.1) is 12.3 Å². The molecule has 1 aliphatic rings. The van der Waals surface area contributed by atoms with Crippen molar-refractivity contribution in [3.8, 4) is 12.3 Å². The molecule has 0 saturated heterocycles. The fourth-order valence-corrected chi connectivity index (χ4v) is 2.05. The molecule has 88 valence electrons. The number of carbonyl (C=O) groups excluding carboxylic acids is 1. The van der Waals surface area contributed by atoms with E-state index in [1.54, 1.807) is 0 Å². The van der Waals surface area contributed by atoms with Crippen molar-refractivity contribution in [3.63, 3.8) is 0 Å². The normalized spacial score (nSPS) is 17.7. The quantitative estimate of drug-likeness (QED) is 0.687. The van der Waals surface area contributed by atoms with E-state index in [0.717, 1.165) is 12.8 Å². The third kappa shape index (κ3) is 3.93. The van der Waals surface area contributed by atoms with Gasteiger partial charge >= 0.3 is 5.97 Å². The van der Waals surface area contributed by atoms with Crippen molar-refractivity contribution in [2.45, 2.75) is 44.6 Å². The lowest BCUT2D eigenvalue weighted by atomic mass is 10.0. The fraction of sp³-hybridized carbons (Fsp3) is 0.667. The second kappa shape index (κ2) is 6.16. The number of rotatable bonds is 5. The number of hydrogen-bond acceptors (Lipinski definition) is 2. The van der Waals surface area contributed by atoms with Gasteiger partial charge in [0.25, 0.3) is 0 Å². The van der Waals surface area contributed by atoms with Crippen LogP contribution in [0.2, 0.25) is 0 Å². The summed E-state index contributed by atoms with van der Waals surface area (Å²) in [7, 11) is 0. The molecule has 1 atom stereocenters. The smallest absolute Gasteiger partial charge is 0.327 e. The van der Waals surface area contributed by atoms with Crippen molar-refractivity contribution in [2.24, 2.45) is 5.92 Å². The lowest BCUT2D eigenvalue weighted by Crippen LogP contribution is -2.41. The van der Waals surface area contributed by atoms with E-state index in [9.17, 15) is 9.59 Å². The molecule has 1 amide bonds. The maximum absolute atomic E-state index is 11.5. The number of carboxylic acid groups (broad SMARTS) is 1. The third-order valence-corrected chi connectivity index (χ3v) is 2.90. The third-order valence-electron chi connectivity index (χ3n) is 2.90. The second-order valence-corrected chi connectivity index (χ2v) is 4.22. The summed E-state index contributed by atoms with van der Waals surface area (Å²) < 4.78 is 0. The maximum Gasteiger partial charge on any atom is 0.327 e. The van der Waals surface area contributed by atoms with E-state index in [1.165, 1.54) is 12.8 Å². The Morgan fingerprint density at radius 1 is 1.44 bits per heavy atom. The fourth-order valence-electron chi connectivity index (χ4n) is 2.05. The van der Waals surface area contributed by atoms with Crippen LogP contribution in [0.4, 0.5) is 0 Å². The molecule has 0 bridgehead atoms. The van der Waals surface area contributed by atoms with E-state index in [1.807, 2.05) is 0 Å². The van der Waals surface area contributed by atoms with Crippen LogP contribution in [-0.4, -0.2) is 23.0 Å². The average Bonchev–Trinajstić information content (AvgIpc) is 2.69. The van der Waals surface area contributed by atoms with Crippen LogP contribution in [0, 0.1) is 18.3 Å². The molecule has 0 aromatic carbocycles. The molecular formula is C12H17NO3. The van der Waals surface area contributed by atoms with E-state index in [0.29, 0.717) is 12.3 Å². The lowest BCUT2D eigenvalue weighted by molar-refractivity contribution is -0.141. The molecule has 16 heavy (non-hydrogen) atoms. The summed E-state index contributed by atoms with van der Waals surface area (Å²) in [4.78, 5) is 22.3. The van der Waals surface area contributed by atoms with Gasteiger partial charge in [-0.2, -0.15) is 0 Å². The van der Waals surface area contributed by atoms with Crippen molar-refractivity contribution in [2.75, 3.05) is 0 Å². The Balaban J connectivity index is 2.36. The zero-order valence-electron chi connectivity index (χ0n) is 9.24. The van der Waals surface area contributed by atoms with Crippen molar-refractivity contribution in [1.29, 1.82) is 0 Å². The van der Waals surface area contributed by atoms with Crippen LogP contribution in [-0.2, 0) is 9.59 Å². The van der Waals surface area contributed by atoms with Crippen LogP contribution < -0.4 is 5.32 Å². The molecule has 1 unspecified atom stereocenters. The molecule has 4 nitrogen and oxygen atoms in total. The van der Waals surface area contributed by atoms with Gasteiger partial charge in [-0.05, 0) is 18.8 Å². The minimum atomic E-state index is -1.07. The Morgan fingerprint density at radius 2 is 2.06 bits per heavy atom. The van der Waals surface area contributed by atoms with Crippen molar-refractivity contribution >= 4 is 11.9 Å². The van der Waals surface area contributed by atoms with Crippen LogP contribution in [0.25, 0.3) is 0 Å². The summed E-state index contributed by atoms with van der Waals surface area (Å²) in [6.45, 7) is 0. The van der Waals surface area contributed by atoms with Gasteiger partial charge in [0.15, 0.2) is 0 Å². The van der Waals surface area contributed by atoms with Gasteiger partial charge in [-0.3, -0.25) is 4.79 Å². The molecule has 1 fully saturated rings. The number of carboxylic acids is 1. The summed E-state index contributed by atoms with van der Waals surface area (Å²) in [5, 5.41) is 11.3. The van der Waals surface area contributed by atoms with Crippen LogP contribution in [0.5, 0.6) is 0 Å². The zero-order chi connectivity index (χ0) is 12.0. The Kier molecular flexibility index (Phi) is 4.84.